The van der Waals surface area contributed by atoms with E-state index in [2.05, 4.69) is 26.7 Å². The van der Waals surface area contributed by atoms with E-state index in [0.717, 1.165) is 23.7 Å². The van der Waals surface area contributed by atoms with Crippen LogP contribution in [0, 0.1) is 6.92 Å². The lowest BCUT2D eigenvalue weighted by Gasteiger charge is -2.13. The van der Waals surface area contributed by atoms with Gasteiger partial charge in [-0.3, -0.25) is 4.79 Å². The van der Waals surface area contributed by atoms with E-state index in [-0.39, 0.29) is 5.56 Å². The van der Waals surface area contributed by atoms with Crippen molar-refractivity contribution in [2.45, 2.75) is 19.9 Å². The molecule has 158 valence electrons. The summed E-state index contributed by atoms with van der Waals surface area (Å²) in [7, 11) is 0. The first-order valence-electron chi connectivity index (χ1n) is 9.93. The van der Waals surface area contributed by atoms with Crippen LogP contribution in [-0.4, -0.2) is 40.8 Å². The lowest BCUT2D eigenvalue weighted by atomic mass is 10.1. The molecule has 3 aromatic rings. The second kappa shape index (κ2) is 11.3. The number of ether oxygens (including phenoxy) is 1. The normalized spacial score (nSPS) is 10.7. The van der Waals surface area contributed by atoms with E-state index in [1.54, 1.807) is 23.0 Å². The molecule has 8 heteroatoms. The Morgan fingerprint density at radius 2 is 2.00 bits per heavy atom. The number of anilines is 1. The minimum atomic E-state index is -0.135. The van der Waals surface area contributed by atoms with Gasteiger partial charge in [-0.15, -0.1) is 0 Å². The smallest absolute Gasteiger partial charge is 0.293 e. The Kier molecular flexibility index (Phi) is 8.23. The van der Waals surface area contributed by atoms with E-state index >= 15 is 0 Å². The predicted molar refractivity (Wildman–Crippen MR) is 119 cm³/mol. The molecule has 2 aromatic heterocycles. The average molecular weight is 428 g/mol. The quantitative estimate of drug-likeness (QED) is 0.458. The number of benzene rings is 1. The van der Waals surface area contributed by atoms with Crippen molar-refractivity contribution in [1.82, 2.24) is 19.9 Å². The maximum Gasteiger partial charge on any atom is 0.293 e. The number of pyridine rings is 1. The van der Waals surface area contributed by atoms with Gasteiger partial charge in [-0.1, -0.05) is 29.8 Å². The van der Waals surface area contributed by atoms with Crippen LogP contribution in [0.25, 0.3) is 0 Å². The van der Waals surface area contributed by atoms with Crippen LogP contribution in [0.4, 0.5) is 5.82 Å². The molecule has 2 N–H and O–H groups in total. The molecule has 2 heterocycles. The van der Waals surface area contributed by atoms with Gasteiger partial charge in [0, 0.05) is 42.3 Å². The number of hydrogen-bond donors (Lipinski definition) is 2. The molecule has 3 rings (SSSR count). The van der Waals surface area contributed by atoms with Crippen molar-refractivity contribution < 1.29 is 4.74 Å². The molecule has 0 spiro atoms. The van der Waals surface area contributed by atoms with Crippen molar-refractivity contribution in [3.8, 4) is 5.88 Å². The highest BCUT2D eigenvalue weighted by atomic mass is 35.5. The van der Waals surface area contributed by atoms with Gasteiger partial charge in [-0.05, 0) is 43.7 Å². The van der Waals surface area contributed by atoms with Gasteiger partial charge in [0.2, 0.25) is 5.88 Å². The van der Waals surface area contributed by atoms with Crippen LogP contribution in [0.1, 0.15) is 11.3 Å². The van der Waals surface area contributed by atoms with E-state index < -0.39 is 0 Å². The molecule has 0 saturated carbocycles. The fraction of sp³-hybridized carbons (Fsp3) is 0.318. The maximum absolute atomic E-state index is 12.7. The van der Waals surface area contributed by atoms with Crippen molar-refractivity contribution in [1.29, 1.82) is 0 Å². The first kappa shape index (κ1) is 21.8. The molecule has 0 aliphatic carbocycles. The molecule has 0 radical (unpaired) electrons. The van der Waals surface area contributed by atoms with E-state index in [4.69, 9.17) is 16.3 Å². The number of hydrogen-bond acceptors (Lipinski definition) is 6. The zero-order valence-corrected chi connectivity index (χ0v) is 17.7. The van der Waals surface area contributed by atoms with Gasteiger partial charge in [0.05, 0.1) is 6.54 Å². The third-order valence-corrected chi connectivity index (χ3v) is 4.76. The van der Waals surface area contributed by atoms with Gasteiger partial charge in [-0.25, -0.2) is 9.97 Å². The minimum absolute atomic E-state index is 0.135. The summed E-state index contributed by atoms with van der Waals surface area (Å²) in [5, 5.41) is 7.17. The van der Waals surface area contributed by atoms with Crippen molar-refractivity contribution in [2.24, 2.45) is 0 Å². The topological polar surface area (TPSA) is 81.1 Å². The Hall–Kier alpha value is -2.90. The Morgan fingerprint density at radius 3 is 2.80 bits per heavy atom. The number of halogens is 1. The molecule has 30 heavy (non-hydrogen) atoms. The Balaban J connectivity index is 1.44. The number of aromatic nitrogens is 3. The standard InChI is InChI=1S/C22H26ClN5O2/c1-17-16-27-21(26-12-14-30-20-7-2-3-9-25-20)22(29)28(17)13-11-24-10-8-18-5-4-6-19(23)15-18/h2-7,9,15-16,24H,8,10-14H2,1H3,(H,26,27). The molecule has 1 aromatic carbocycles. The van der Waals surface area contributed by atoms with Gasteiger partial charge in [0.25, 0.3) is 5.56 Å². The Morgan fingerprint density at radius 1 is 1.10 bits per heavy atom. The van der Waals surface area contributed by atoms with Crippen molar-refractivity contribution in [2.75, 3.05) is 31.6 Å². The van der Waals surface area contributed by atoms with Crippen LogP contribution in [0.2, 0.25) is 5.02 Å². The van der Waals surface area contributed by atoms with Crippen molar-refractivity contribution >= 4 is 17.4 Å². The van der Waals surface area contributed by atoms with Crippen molar-refractivity contribution in [3.63, 3.8) is 0 Å². The molecule has 0 aliphatic heterocycles. The van der Waals surface area contributed by atoms with Gasteiger partial charge in [0.1, 0.15) is 6.61 Å². The highest BCUT2D eigenvalue weighted by Crippen LogP contribution is 2.10. The lowest BCUT2D eigenvalue weighted by Crippen LogP contribution is -2.32. The molecule has 7 nitrogen and oxygen atoms in total. The summed E-state index contributed by atoms with van der Waals surface area (Å²) in [6.45, 7) is 4.80. The first-order chi connectivity index (χ1) is 14.6. The molecule has 0 fully saturated rings. The first-order valence-corrected chi connectivity index (χ1v) is 10.3. The van der Waals surface area contributed by atoms with Crippen LogP contribution in [-0.2, 0) is 13.0 Å². The van der Waals surface area contributed by atoms with Crippen LogP contribution < -0.4 is 20.9 Å². The lowest BCUT2D eigenvalue weighted by molar-refractivity contribution is 0.320. The van der Waals surface area contributed by atoms with Gasteiger partial charge in [-0.2, -0.15) is 0 Å². The largest absolute Gasteiger partial charge is 0.476 e. The zero-order chi connectivity index (χ0) is 21.2. The Labute approximate surface area is 181 Å². The van der Waals surface area contributed by atoms with E-state index in [1.807, 2.05) is 37.3 Å². The third kappa shape index (κ3) is 6.57. The second-order valence-corrected chi connectivity index (χ2v) is 7.21. The highest BCUT2D eigenvalue weighted by molar-refractivity contribution is 6.30. The summed E-state index contributed by atoms with van der Waals surface area (Å²) >= 11 is 6.01. The number of nitrogens with zero attached hydrogens (tertiary/aromatic N) is 3. The molecule has 0 amide bonds. The summed E-state index contributed by atoms with van der Waals surface area (Å²) in [4.78, 5) is 21.0. The molecule has 0 saturated heterocycles. The molecule has 0 bridgehead atoms. The zero-order valence-electron chi connectivity index (χ0n) is 17.0. The molecule has 0 aliphatic rings. The fourth-order valence-electron chi connectivity index (χ4n) is 2.97. The molecular weight excluding hydrogens is 402 g/mol. The maximum atomic E-state index is 12.7. The molecule has 0 atom stereocenters. The van der Waals surface area contributed by atoms with Crippen LogP contribution in [0.15, 0.2) is 59.7 Å². The van der Waals surface area contributed by atoms with Gasteiger partial charge < -0.3 is 19.9 Å². The van der Waals surface area contributed by atoms with E-state index in [9.17, 15) is 4.79 Å². The van der Waals surface area contributed by atoms with Crippen molar-refractivity contribution in [3.05, 3.63) is 81.5 Å². The van der Waals surface area contributed by atoms with Gasteiger partial charge >= 0.3 is 0 Å². The summed E-state index contributed by atoms with van der Waals surface area (Å²) in [6.07, 6.45) is 4.26. The molecule has 0 unspecified atom stereocenters. The average Bonchev–Trinajstić information content (AvgIpc) is 2.75. The Bertz CT molecular complexity index is 994. The third-order valence-electron chi connectivity index (χ3n) is 4.53. The van der Waals surface area contributed by atoms with Gasteiger partial charge in [0.15, 0.2) is 5.82 Å². The fourth-order valence-corrected chi connectivity index (χ4v) is 3.18. The second-order valence-electron chi connectivity index (χ2n) is 6.78. The number of aryl methyl sites for hydroxylation is 1. The number of rotatable bonds is 11. The summed E-state index contributed by atoms with van der Waals surface area (Å²) in [5.41, 5.74) is 1.88. The van der Waals surface area contributed by atoms with Crippen LogP contribution >= 0.6 is 11.6 Å². The SMILES string of the molecule is Cc1cnc(NCCOc2ccccn2)c(=O)n1CCNCCc1cccc(Cl)c1. The molecular formula is C22H26ClN5O2. The highest BCUT2D eigenvalue weighted by Gasteiger charge is 2.07. The van der Waals surface area contributed by atoms with Crippen LogP contribution in [0.5, 0.6) is 5.88 Å². The summed E-state index contributed by atoms with van der Waals surface area (Å²) in [5.74, 6) is 0.876. The monoisotopic (exact) mass is 427 g/mol. The summed E-state index contributed by atoms with van der Waals surface area (Å²) in [6, 6.07) is 13.3. The van der Waals surface area contributed by atoms with E-state index in [1.165, 1.54) is 5.56 Å². The van der Waals surface area contributed by atoms with Crippen LogP contribution in [0.3, 0.4) is 0 Å². The summed E-state index contributed by atoms with van der Waals surface area (Å²) < 4.78 is 7.25. The predicted octanol–water partition coefficient (Wildman–Crippen LogP) is 2.92. The minimum Gasteiger partial charge on any atom is -0.476 e. The number of nitrogens with one attached hydrogen (secondary N) is 2. The van der Waals surface area contributed by atoms with E-state index in [0.29, 0.717) is 37.9 Å².